The minimum atomic E-state index is 0.595. The van der Waals surface area contributed by atoms with Crippen molar-refractivity contribution in [3.8, 4) is 0 Å². The molecule has 0 saturated carbocycles. The van der Waals surface area contributed by atoms with Crippen LogP contribution in [0.1, 0.15) is 6.42 Å². The minimum absolute atomic E-state index is 0.595. The van der Waals surface area contributed by atoms with E-state index in [1.54, 1.807) is 0 Å². The summed E-state index contributed by atoms with van der Waals surface area (Å²) in [6.07, 6.45) is 1.04. The molecule has 2 nitrogen and oxygen atoms in total. The topological polar surface area (TPSA) is 12.5 Å². The average molecular weight is 193 g/mol. The van der Waals surface area contributed by atoms with Gasteiger partial charge < -0.3 is 9.64 Å². The summed E-state index contributed by atoms with van der Waals surface area (Å²) in [5.41, 5.74) is 1.12. The van der Waals surface area contributed by atoms with Gasteiger partial charge in [0.2, 0.25) is 0 Å². The molecular weight excluding hydrogens is 182 g/mol. The van der Waals surface area contributed by atoms with E-state index in [-0.39, 0.29) is 0 Å². The number of rotatable bonds is 1. The van der Waals surface area contributed by atoms with Gasteiger partial charge in [0, 0.05) is 12.2 Å². The van der Waals surface area contributed by atoms with E-state index in [2.05, 4.69) is 0 Å². The Balaban J connectivity index is 2.20. The summed E-state index contributed by atoms with van der Waals surface area (Å²) in [6, 6.07) is 10.1. The Morgan fingerprint density at radius 2 is 2.00 bits per heavy atom. The maximum atomic E-state index is 5.30. The first-order chi connectivity index (χ1) is 6.38. The normalized spacial score (nSPS) is 16.9. The second-order valence-corrected chi connectivity index (χ2v) is 3.30. The van der Waals surface area contributed by atoms with Crippen molar-refractivity contribution in [3.63, 3.8) is 0 Å². The van der Waals surface area contributed by atoms with E-state index in [1.807, 2.05) is 35.2 Å². The molecule has 0 spiro atoms. The number of thiocarbonyl (C=S) groups is 1. The molecule has 3 heteroatoms. The first-order valence-electron chi connectivity index (χ1n) is 4.37. The molecule has 0 N–H and O–H groups in total. The molecular formula is C10H11NOS. The Morgan fingerprint density at radius 3 is 2.69 bits per heavy atom. The highest BCUT2D eigenvalue weighted by molar-refractivity contribution is 7.80. The number of hydrogen-bond donors (Lipinski definition) is 0. The van der Waals surface area contributed by atoms with Crippen LogP contribution in [0.2, 0.25) is 0 Å². The SMILES string of the molecule is S=C1OCCCN1c1ccccc1. The van der Waals surface area contributed by atoms with Crippen LogP contribution in [-0.4, -0.2) is 18.3 Å². The number of ether oxygens (including phenoxy) is 1. The highest BCUT2D eigenvalue weighted by Gasteiger charge is 2.16. The van der Waals surface area contributed by atoms with Gasteiger partial charge in [-0.05, 0) is 30.8 Å². The van der Waals surface area contributed by atoms with Gasteiger partial charge in [-0.25, -0.2) is 0 Å². The molecule has 0 aliphatic carbocycles. The quantitative estimate of drug-likeness (QED) is 0.634. The maximum absolute atomic E-state index is 5.30. The highest BCUT2D eigenvalue weighted by atomic mass is 32.1. The van der Waals surface area contributed by atoms with Crippen molar-refractivity contribution in [1.29, 1.82) is 0 Å². The molecule has 1 saturated heterocycles. The average Bonchev–Trinajstić information content (AvgIpc) is 2.20. The van der Waals surface area contributed by atoms with Crippen LogP contribution in [0.3, 0.4) is 0 Å². The summed E-state index contributed by atoms with van der Waals surface area (Å²) in [5, 5.41) is 0.595. The standard InChI is InChI=1S/C10H11NOS/c13-10-11(7-4-8-12-10)9-5-2-1-3-6-9/h1-3,5-6H,4,7-8H2. The van der Waals surface area contributed by atoms with Gasteiger partial charge in [-0.2, -0.15) is 0 Å². The van der Waals surface area contributed by atoms with Crippen LogP contribution in [0, 0.1) is 0 Å². The largest absolute Gasteiger partial charge is 0.471 e. The highest BCUT2D eigenvalue weighted by Crippen LogP contribution is 2.17. The molecule has 0 amide bonds. The molecule has 1 heterocycles. The van der Waals surface area contributed by atoms with E-state index in [4.69, 9.17) is 17.0 Å². The Labute approximate surface area is 83.1 Å². The number of hydrogen-bond acceptors (Lipinski definition) is 2. The second kappa shape index (κ2) is 3.75. The third-order valence-corrected chi connectivity index (χ3v) is 2.38. The third-order valence-electron chi connectivity index (χ3n) is 2.04. The molecule has 1 aromatic rings. The molecule has 1 aliphatic heterocycles. The van der Waals surface area contributed by atoms with Crippen molar-refractivity contribution < 1.29 is 4.74 Å². The lowest BCUT2D eigenvalue weighted by molar-refractivity contribution is 0.279. The maximum Gasteiger partial charge on any atom is 0.263 e. The van der Waals surface area contributed by atoms with Gasteiger partial charge in [-0.3, -0.25) is 0 Å². The fourth-order valence-corrected chi connectivity index (χ4v) is 1.67. The van der Waals surface area contributed by atoms with E-state index in [0.717, 1.165) is 25.3 Å². The molecule has 68 valence electrons. The lowest BCUT2D eigenvalue weighted by atomic mass is 10.2. The molecule has 1 aliphatic rings. The minimum Gasteiger partial charge on any atom is -0.471 e. The monoisotopic (exact) mass is 193 g/mol. The molecule has 0 aromatic heterocycles. The van der Waals surface area contributed by atoms with Crippen molar-refractivity contribution >= 4 is 23.1 Å². The summed E-state index contributed by atoms with van der Waals surface area (Å²) in [6.45, 7) is 1.71. The molecule has 0 atom stereocenters. The predicted octanol–water partition coefficient (Wildman–Crippen LogP) is 2.20. The van der Waals surface area contributed by atoms with Gasteiger partial charge in [0.1, 0.15) is 0 Å². The lowest BCUT2D eigenvalue weighted by Gasteiger charge is -2.28. The Hall–Kier alpha value is -1.09. The van der Waals surface area contributed by atoms with Gasteiger partial charge in [-0.1, -0.05) is 18.2 Å². The van der Waals surface area contributed by atoms with Gasteiger partial charge in [0.15, 0.2) is 0 Å². The number of para-hydroxylation sites is 1. The van der Waals surface area contributed by atoms with Gasteiger partial charge in [-0.15, -0.1) is 0 Å². The zero-order valence-corrected chi connectivity index (χ0v) is 8.09. The van der Waals surface area contributed by atoms with Crippen molar-refractivity contribution in [2.75, 3.05) is 18.1 Å². The van der Waals surface area contributed by atoms with Crippen LogP contribution < -0.4 is 4.90 Å². The fourth-order valence-electron chi connectivity index (χ4n) is 1.39. The van der Waals surface area contributed by atoms with Gasteiger partial charge >= 0.3 is 0 Å². The Bertz CT molecular complexity index is 299. The Kier molecular flexibility index (Phi) is 2.45. The molecule has 2 rings (SSSR count). The summed E-state index contributed by atoms with van der Waals surface area (Å²) < 4.78 is 5.30. The Morgan fingerprint density at radius 1 is 1.23 bits per heavy atom. The van der Waals surface area contributed by atoms with Crippen molar-refractivity contribution in [2.24, 2.45) is 0 Å². The van der Waals surface area contributed by atoms with Gasteiger partial charge in [0.05, 0.1) is 6.61 Å². The van der Waals surface area contributed by atoms with E-state index in [1.165, 1.54) is 0 Å². The molecule has 0 bridgehead atoms. The van der Waals surface area contributed by atoms with Crippen molar-refractivity contribution in [3.05, 3.63) is 30.3 Å². The van der Waals surface area contributed by atoms with Crippen molar-refractivity contribution in [2.45, 2.75) is 6.42 Å². The van der Waals surface area contributed by atoms with E-state index in [9.17, 15) is 0 Å². The molecule has 0 radical (unpaired) electrons. The van der Waals surface area contributed by atoms with Crippen molar-refractivity contribution in [1.82, 2.24) is 0 Å². The molecule has 0 unspecified atom stereocenters. The smallest absolute Gasteiger partial charge is 0.263 e. The lowest BCUT2D eigenvalue weighted by Crippen LogP contribution is -2.37. The summed E-state index contributed by atoms with van der Waals surface area (Å²) >= 11 is 5.11. The van der Waals surface area contributed by atoms with E-state index < -0.39 is 0 Å². The van der Waals surface area contributed by atoms with Crippen LogP contribution in [0.15, 0.2) is 30.3 Å². The number of nitrogens with zero attached hydrogens (tertiary/aromatic N) is 1. The van der Waals surface area contributed by atoms with E-state index >= 15 is 0 Å². The molecule has 1 fully saturated rings. The summed E-state index contributed by atoms with van der Waals surface area (Å²) in [5.74, 6) is 0. The summed E-state index contributed by atoms with van der Waals surface area (Å²) in [4.78, 5) is 2.03. The first-order valence-corrected chi connectivity index (χ1v) is 4.78. The number of anilines is 1. The van der Waals surface area contributed by atoms with Gasteiger partial charge in [0.25, 0.3) is 5.17 Å². The zero-order chi connectivity index (χ0) is 9.10. The molecule has 13 heavy (non-hydrogen) atoms. The van der Waals surface area contributed by atoms with Crippen LogP contribution in [-0.2, 0) is 4.74 Å². The second-order valence-electron chi connectivity index (χ2n) is 2.96. The summed E-state index contributed by atoms with van der Waals surface area (Å²) in [7, 11) is 0. The molecule has 1 aromatic carbocycles. The van der Waals surface area contributed by atoms with E-state index in [0.29, 0.717) is 5.17 Å². The van der Waals surface area contributed by atoms with Crippen LogP contribution in [0.5, 0.6) is 0 Å². The first kappa shape index (κ1) is 8.51. The fraction of sp³-hybridized carbons (Fsp3) is 0.300. The predicted molar refractivity (Wildman–Crippen MR) is 57.0 cm³/mol. The van der Waals surface area contributed by atoms with Crippen LogP contribution in [0.25, 0.3) is 0 Å². The van der Waals surface area contributed by atoms with Crippen LogP contribution >= 0.6 is 12.2 Å². The van der Waals surface area contributed by atoms with Crippen LogP contribution in [0.4, 0.5) is 5.69 Å². The zero-order valence-electron chi connectivity index (χ0n) is 7.27. The number of benzene rings is 1. The third kappa shape index (κ3) is 1.80.